The van der Waals surface area contributed by atoms with Crippen LogP contribution in [-0.2, 0) is 11.4 Å². The molecule has 0 bridgehead atoms. The van der Waals surface area contributed by atoms with Crippen LogP contribution < -0.4 is 10.1 Å². The van der Waals surface area contributed by atoms with Gasteiger partial charge < -0.3 is 19.5 Å². The average molecular weight is 385 g/mol. The summed E-state index contributed by atoms with van der Waals surface area (Å²) in [6.45, 7) is 7.60. The van der Waals surface area contributed by atoms with Crippen molar-refractivity contribution in [1.82, 2.24) is 15.4 Å². The first kappa shape index (κ1) is 19.9. The van der Waals surface area contributed by atoms with Gasteiger partial charge in [-0.25, -0.2) is 0 Å². The summed E-state index contributed by atoms with van der Waals surface area (Å²) in [5.41, 5.74) is 2.39. The van der Waals surface area contributed by atoms with Crippen LogP contribution in [0.2, 0.25) is 0 Å². The number of rotatable bonds is 6. The summed E-state index contributed by atoms with van der Waals surface area (Å²) < 4.78 is 11.2. The third-order valence-electron chi connectivity index (χ3n) is 4.99. The van der Waals surface area contributed by atoms with Gasteiger partial charge in [0.2, 0.25) is 5.91 Å². The number of ether oxygens (including phenoxy) is 1. The van der Waals surface area contributed by atoms with E-state index in [2.05, 4.69) is 10.5 Å². The van der Waals surface area contributed by atoms with Gasteiger partial charge in [-0.3, -0.25) is 9.59 Å². The average Bonchev–Trinajstić information content (AvgIpc) is 3.14. The topological polar surface area (TPSA) is 84.7 Å². The molecule has 1 N–H and O–H groups in total. The third-order valence-corrected chi connectivity index (χ3v) is 4.99. The molecule has 1 saturated heterocycles. The molecule has 7 nitrogen and oxygen atoms in total. The zero-order valence-electron chi connectivity index (χ0n) is 16.7. The number of hydrogen-bond acceptors (Lipinski definition) is 5. The Morgan fingerprint density at radius 3 is 2.79 bits per heavy atom. The lowest BCUT2D eigenvalue weighted by molar-refractivity contribution is -0.119. The number of para-hydroxylation sites is 1. The molecule has 0 aliphatic carbocycles. The molecule has 1 fully saturated rings. The molecule has 1 aromatic carbocycles. The Kier molecular flexibility index (Phi) is 6.34. The van der Waals surface area contributed by atoms with Crippen LogP contribution in [0.1, 0.15) is 47.1 Å². The minimum Gasteiger partial charge on any atom is -0.485 e. The van der Waals surface area contributed by atoms with E-state index in [0.29, 0.717) is 31.1 Å². The Morgan fingerprint density at radius 2 is 2.07 bits per heavy atom. The standard InChI is InChI=1S/C21H27N3O4/c1-14-6-4-7-15(2)20(14)27-13-18-10-19(23-28-18)21(26)24-9-5-8-17(12-24)11-22-16(3)25/h4,6-7,10,17H,5,8-9,11-13H2,1-3H3,(H,22,25)/t17-/m0/s1. The van der Waals surface area contributed by atoms with Gasteiger partial charge in [0.15, 0.2) is 11.5 Å². The van der Waals surface area contributed by atoms with Crippen molar-refractivity contribution in [1.29, 1.82) is 0 Å². The zero-order valence-corrected chi connectivity index (χ0v) is 16.7. The second-order valence-electron chi connectivity index (χ2n) is 7.38. The summed E-state index contributed by atoms with van der Waals surface area (Å²) in [4.78, 5) is 25.6. The molecule has 150 valence electrons. The van der Waals surface area contributed by atoms with Gasteiger partial charge in [-0.05, 0) is 43.7 Å². The van der Waals surface area contributed by atoms with E-state index in [4.69, 9.17) is 9.26 Å². The van der Waals surface area contributed by atoms with Crippen LogP contribution in [0.25, 0.3) is 0 Å². The molecule has 1 aliphatic rings. The molecule has 2 aromatic rings. The summed E-state index contributed by atoms with van der Waals surface area (Å²) in [6, 6.07) is 7.62. The highest BCUT2D eigenvalue weighted by Gasteiger charge is 2.26. The summed E-state index contributed by atoms with van der Waals surface area (Å²) in [5, 5.41) is 6.76. The van der Waals surface area contributed by atoms with Crippen LogP contribution >= 0.6 is 0 Å². The van der Waals surface area contributed by atoms with Crippen molar-refractivity contribution in [3.63, 3.8) is 0 Å². The number of nitrogens with one attached hydrogen (secondary N) is 1. The smallest absolute Gasteiger partial charge is 0.276 e. The molecular weight excluding hydrogens is 358 g/mol. The molecule has 7 heteroatoms. The van der Waals surface area contributed by atoms with Crippen molar-refractivity contribution in [2.24, 2.45) is 5.92 Å². The van der Waals surface area contributed by atoms with Crippen molar-refractivity contribution >= 4 is 11.8 Å². The van der Waals surface area contributed by atoms with E-state index in [0.717, 1.165) is 29.7 Å². The first-order valence-electron chi connectivity index (χ1n) is 9.62. The lowest BCUT2D eigenvalue weighted by Gasteiger charge is -2.32. The van der Waals surface area contributed by atoms with E-state index in [1.54, 1.807) is 11.0 Å². The highest BCUT2D eigenvalue weighted by atomic mass is 16.5. The van der Waals surface area contributed by atoms with Crippen LogP contribution in [0.15, 0.2) is 28.8 Å². The fraction of sp³-hybridized carbons (Fsp3) is 0.476. The molecule has 3 rings (SSSR count). The quantitative estimate of drug-likeness (QED) is 0.826. The molecule has 0 radical (unpaired) electrons. The van der Waals surface area contributed by atoms with Crippen molar-refractivity contribution in [3.8, 4) is 5.75 Å². The highest BCUT2D eigenvalue weighted by Crippen LogP contribution is 2.24. The van der Waals surface area contributed by atoms with Crippen molar-refractivity contribution in [2.45, 2.75) is 40.2 Å². The number of carbonyl (C=O) groups is 2. The lowest BCUT2D eigenvalue weighted by Crippen LogP contribution is -2.43. The second-order valence-corrected chi connectivity index (χ2v) is 7.38. The van der Waals surface area contributed by atoms with Crippen molar-refractivity contribution in [3.05, 3.63) is 46.8 Å². The number of aryl methyl sites for hydroxylation is 2. The Morgan fingerprint density at radius 1 is 1.32 bits per heavy atom. The SMILES string of the molecule is CC(=O)NC[C@@H]1CCCN(C(=O)c2cc(COc3c(C)cccc3C)on2)C1. The highest BCUT2D eigenvalue weighted by molar-refractivity contribution is 5.92. The van der Waals surface area contributed by atoms with Gasteiger partial charge in [0, 0.05) is 32.6 Å². The largest absolute Gasteiger partial charge is 0.485 e. The minimum absolute atomic E-state index is 0.0477. The van der Waals surface area contributed by atoms with Crippen molar-refractivity contribution < 1.29 is 18.8 Å². The fourth-order valence-corrected chi connectivity index (χ4v) is 3.52. The molecule has 28 heavy (non-hydrogen) atoms. The zero-order chi connectivity index (χ0) is 20.1. The van der Waals surface area contributed by atoms with E-state index in [1.165, 1.54) is 6.92 Å². The maximum Gasteiger partial charge on any atom is 0.276 e. The van der Waals surface area contributed by atoms with Gasteiger partial charge in [-0.1, -0.05) is 23.4 Å². The van der Waals surface area contributed by atoms with Gasteiger partial charge in [-0.15, -0.1) is 0 Å². The lowest BCUT2D eigenvalue weighted by atomic mass is 9.97. The number of benzene rings is 1. The maximum absolute atomic E-state index is 12.8. The molecule has 1 atom stereocenters. The second kappa shape index (κ2) is 8.91. The minimum atomic E-state index is -0.144. The van der Waals surface area contributed by atoms with Crippen LogP contribution in [0.5, 0.6) is 5.75 Å². The number of nitrogens with zero attached hydrogens (tertiary/aromatic N) is 2. The predicted molar refractivity (Wildman–Crippen MR) is 104 cm³/mol. The Hall–Kier alpha value is -2.83. The Labute approximate surface area is 165 Å². The number of piperidine rings is 1. The number of amides is 2. The normalized spacial score (nSPS) is 16.7. The number of carbonyl (C=O) groups excluding carboxylic acids is 2. The molecule has 2 heterocycles. The Bertz CT molecular complexity index is 826. The molecule has 0 unspecified atom stereocenters. The summed E-state index contributed by atoms with van der Waals surface area (Å²) in [7, 11) is 0. The van der Waals surface area contributed by atoms with Gasteiger partial charge in [-0.2, -0.15) is 0 Å². The van der Waals surface area contributed by atoms with Crippen LogP contribution in [0.3, 0.4) is 0 Å². The molecule has 1 aliphatic heterocycles. The molecule has 0 saturated carbocycles. The van der Waals surface area contributed by atoms with E-state index in [9.17, 15) is 9.59 Å². The molecular formula is C21H27N3O4. The molecule has 1 aromatic heterocycles. The van der Waals surface area contributed by atoms with E-state index in [-0.39, 0.29) is 24.3 Å². The first-order chi connectivity index (χ1) is 13.4. The van der Waals surface area contributed by atoms with Gasteiger partial charge in [0.1, 0.15) is 12.4 Å². The summed E-state index contributed by atoms with van der Waals surface area (Å²) in [6.07, 6.45) is 1.91. The van der Waals surface area contributed by atoms with E-state index < -0.39 is 0 Å². The predicted octanol–water partition coefficient (Wildman–Crippen LogP) is 2.86. The van der Waals surface area contributed by atoms with Crippen molar-refractivity contribution in [2.75, 3.05) is 19.6 Å². The van der Waals surface area contributed by atoms with Gasteiger partial charge >= 0.3 is 0 Å². The third kappa shape index (κ3) is 4.91. The number of aromatic nitrogens is 1. The number of likely N-dealkylation sites (tertiary alicyclic amines) is 1. The Balaban J connectivity index is 1.58. The maximum atomic E-state index is 12.8. The van der Waals surface area contributed by atoms with Gasteiger partial charge in [0.05, 0.1) is 0 Å². The van der Waals surface area contributed by atoms with Crippen LogP contribution in [0, 0.1) is 19.8 Å². The first-order valence-corrected chi connectivity index (χ1v) is 9.62. The molecule has 0 spiro atoms. The monoisotopic (exact) mass is 385 g/mol. The van der Waals surface area contributed by atoms with Crippen LogP contribution in [0.4, 0.5) is 0 Å². The number of hydrogen-bond donors (Lipinski definition) is 1. The summed E-state index contributed by atoms with van der Waals surface area (Å²) in [5.74, 6) is 1.41. The van der Waals surface area contributed by atoms with E-state index in [1.807, 2.05) is 32.0 Å². The fourth-order valence-electron chi connectivity index (χ4n) is 3.52. The van der Waals surface area contributed by atoms with E-state index >= 15 is 0 Å². The summed E-state index contributed by atoms with van der Waals surface area (Å²) >= 11 is 0. The van der Waals surface area contributed by atoms with Crippen LogP contribution in [-0.4, -0.2) is 41.5 Å². The molecule has 2 amide bonds. The van der Waals surface area contributed by atoms with Gasteiger partial charge in [0.25, 0.3) is 5.91 Å².